The SMILES string of the molecule is CCC[Si](C)(C)NC(C)(C)CC. The molecule has 0 rings (SSSR count). The van der Waals surface area contributed by atoms with Crippen molar-refractivity contribution < 1.29 is 0 Å². The van der Waals surface area contributed by atoms with Crippen LogP contribution in [0.3, 0.4) is 0 Å². The first-order valence-corrected chi connectivity index (χ1v) is 8.33. The summed E-state index contributed by atoms with van der Waals surface area (Å²) in [5.74, 6) is 0. The standard InChI is InChI=1S/C10H25NSi/c1-7-9-12(5,6)11-10(3,4)8-2/h11H,7-9H2,1-6H3. The summed E-state index contributed by atoms with van der Waals surface area (Å²) >= 11 is 0. The maximum atomic E-state index is 3.82. The average Bonchev–Trinajstić information content (AvgIpc) is 1.85. The predicted molar refractivity (Wildman–Crippen MR) is 60.1 cm³/mol. The van der Waals surface area contributed by atoms with Crippen LogP contribution in [-0.2, 0) is 0 Å². The second-order valence-electron chi connectivity index (χ2n) is 5.00. The Kier molecular flexibility index (Phi) is 4.49. The quantitative estimate of drug-likeness (QED) is 0.651. The first-order chi connectivity index (χ1) is 5.33. The van der Waals surface area contributed by atoms with Crippen molar-refractivity contribution in [3.8, 4) is 0 Å². The van der Waals surface area contributed by atoms with Crippen LogP contribution in [-0.4, -0.2) is 13.8 Å². The van der Waals surface area contributed by atoms with Gasteiger partial charge in [0.25, 0.3) is 0 Å². The zero-order valence-corrected chi connectivity index (χ0v) is 10.6. The Balaban J connectivity index is 4.04. The zero-order valence-electron chi connectivity index (χ0n) is 9.62. The van der Waals surface area contributed by atoms with Crippen molar-refractivity contribution in [1.82, 2.24) is 4.98 Å². The van der Waals surface area contributed by atoms with Crippen molar-refractivity contribution in [2.75, 3.05) is 0 Å². The first-order valence-electron chi connectivity index (χ1n) is 5.12. The summed E-state index contributed by atoms with van der Waals surface area (Å²) < 4.78 is 0. The molecule has 0 aromatic carbocycles. The highest BCUT2D eigenvalue weighted by Gasteiger charge is 2.26. The third-order valence-corrected chi connectivity index (χ3v) is 5.54. The van der Waals surface area contributed by atoms with E-state index in [1.807, 2.05) is 0 Å². The Labute approximate surface area is 79.0 Å². The summed E-state index contributed by atoms with van der Waals surface area (Å²) in [5, 5.41) is 0. The van der Waals surface area contributed by atoms with Gasteiger partial charge in [0.2, 0.25) is 0 Å². The minimum Gasteiger partial charge on any atom is -0.332 e. The fourth-order valence-electron chi connectivity index (χ4n) is 1.69. The largest absolute Gasteiger partial charge is 0.332 e. The van der Waals surface area contributed by atoms with Crippen LogP contribution in [0.4, 0.5) is 0 Å². The van der Waals surface area contributed by atoms with E-state index in [4.69, 9.17) is 0 Å². The Morgan fingerprint density at radius 1 is 1.17 bits per heavy atom. The molecule has 0 aliphatic rings. The van der Waals surface area contributed by atoms with Gasteiger partial charge in [0.1, 0.15) is 8.24 Å². The Bertz CT molecular complexity index is 130. The smallest absolute Gasteiger partial charge is 0.119 e. The van der Waals surface area contributed by atoms with Crippen molar-refractivity contribution in [2.45, 2.75) is 65.2 Å². The first kappa shape index (κ1) is 12.2. The molecule has 0 atom stereocenters. The van der Waals surface area contributed by atoms with E-state index >= 15 is 0 Å². The molecule has 0 saturated heterocycles. The lowest BCUT2D eigenvalue weighted by atomic mass is 10.0. The highest BCUT2D eigenvalue weighted by Crippen LogP contribution is 2.16. The Hall–Kier alpha value is 0.177. The van der Waals surface area contributed by atoms with Gasteiger partial charge in [0.15, 0.2) is 0 Å². The van der Waals surface area contributed by atoms with Gasteiger partial charge in [-0.15, -0.1) is 0 Å². The van der Waals surface area contributed by atoms with Crippen LogP contribution in [0, 0.1) is 0 Å². The molecule has 2 heteroatoms. The van der Waals surface area contributed by atoms with Crippen LogP contribution < -0.4 is 4.98 Å². The van der Waals surface area contributed by atoms with Crippen LogP contribution in [0.2, 0.25) is 19.1 Å². The maximum Gasteiger partial charge on any atom is 0.119 e. The van der Waals surface area contributed by atoms with E-state index in [1.54, 1.807) is 0 Å². The van der Waals surface area contributed by atoms with Crippen LogP contribution in [0.25, 0.3) is 0 Å². The molecule has 1 N–H and O–H groups in total. The normalized spacial score (nSPS) is 13.5. The van der Waals surface area contributed by atoms with Crippen LogP contribution in [0.5, 0.6) is 0 Å². The summed E-state index contributed by atoms with van der Waals surface area (Å²) in [5.41, 5.74) is 0.338. The lowest BCUT2D eigenvalue weighted by Gasteiger charge is -2.35. The molecule has 74 valence electrons. The number of hydrogen-bond donors (Lipinski definition) is 1. The summed E-state index contributed by atoms with van der Waals surface area (Å²) in [6.45, 7) is 14.0. The molecule has 0 aliphatic carbocycles. The van der Waals surface area contributed by atoms with Crippen molar-refractivity contribution in [3.05, 3.63) is 0 Å². The Morgan fingerprint density at radius 2 is 1.67 bits per heavy atom. The minimum atomic E-state index is -1.11. The third-order valence-electron chi connectivity index (χ3n) is 2.44. The second-order valence-corrected chi connectivity index (χ2v) is 9.51. The molecule has 0 saturated carbocycles. The van der Waals surface area contributed by atoms with Crippen LogP contribution in [0.15, 0.2) is 0 Å². The summed E-state index contributed by atoms with van der Waals surface area (Å²) in [4.78, 5) is 3.82. The molecule has 0 aliphatic heterocycles. The molecule has 1 nitrogen and oxygen atoms in total. The summed E-state index contributed by atoms with van der Waals surface area (Å²) in [6, 6.07) is 1.39. The van der Waals surface area contributed by atoms with E-state index < -0.39 is 8.24 Å². The van der Waals surface area contributed by atoms with Gasteiger partial charge in [-0.3, -0.25) is 0 Å². The lowest BCUT2D eigenvalue weighted by molar-refractivity contribution is 0.445. The monoisotopic (exact) mass is 187 g/mol. The number of nitrogens with one attached hydrogen (secondary N) is 1. The Morgan fingerprint density at radius 3 is 2.00 bits per heavy atom. The van der Waals surface area contributed by atoms with Gasteiger partial charge in [0.05, 0.1) is 0 Å². The van der Waals surface area contributed by atoms with Gasteiger partial charge in [0, 0.05) is 5.54 Å². The molecule has 0 spiro atoms. The molecule has 0 aromatic rings. The van der Waals surface area contributed by atoms with E-state index in [0.29, 0.717) is 5.54 Å². The van der Waals surface area contributed by atoms with Gasteiger partial charge >= 0.3 is 0 Å². The molecule has 0 bridgehead atoms. The molecule has 0 fully saturated rings. The second kappa shape index (κ2) is 4.42. The molecule has 0 heterocycles. The van der Waals surface area contributed by atoms with Crippen LogP contribution >= 0.6 is 0 Å². The van der Waals surface area contributed by atoms with E-state index in [0.717, 1.165) is 0 Å². The maximum absolute atomic E-state index is 3.82. The number of hydrogen-bond acceptors (Lipinski definition) is 1. The topological polar surface area (TPSA) is 12.0 Å². The minimum absolute atomic E-state index is 0.338. The van der Waals surface area contributed by atoms with E-state index in [-0.39, 0.29) is 0 Å². The molecule has 0 radical (unpaired) electrons. The van der Waals surface area contributed by atoms with Crippen molar-refractivity contribution in [1.29, 1.82) is 0 Å². The molecule has 0 amide bonds. The molecule has 0 unspecified atom stereocenters. The lowest BCUT2D eigenvalue weighted by Crippen LogP contribution is -2.55. The molecular weight excluding hydrogens is 162 g/mol. The molecular formula is C10H25NSi. The van der Waals surface area contributed by atoms with Crippen LogP contribution in [0.1, 0.15) is 40.5 Å². The predicted octanol–water partition coefficient (Wildman–Crippen LogP) is 3.38. The van der Waals surface area contributed by atoms with Gasteiger partial charge in [-0.05, 0) is 26.3 Å². The number of rotatable bonds is 5. The highest BCUT2D eigenvalue weighted by molar-refractivity contribution is 6.75. The molecule has 12 heavy (non-hydrogen) atoms. The third kappa shape index (κ3) is 4.94. The van der Waals surface area contributed by atoms with E-state index in [1.165, 1.54) is 18.9 Å². The van der Waals surface area contributed by atoms with Gasteiger partial charge in [-0.2, -0.15) is 0 Å². The fraction of sp³-hybridized carbons (Fsp3) is 1.00. The summed E-state index contributed by atoms with van der Waals surface area (Å²) in [7, 11) is -1.11. The van der Waals surface area contributed by atoms with Gasteiger partial charge in [-0.25, -0.2) is 0 Å². The van der Waals surface area contributed by atoms with Gasteiger partial charge < -0.3 is 4.98 Å². The summed E-state index contributed by atoms with van der Waals surface area (Å²) in [6.07, 6.45) is 2.53. The average molecular weight is 187 g/mol. The van der Waals surface area contributed by atoms with Gasteiger partial charge in [-0.1, -0.05) is 33.4 Å². The van der Waals surface area contributed by atoms with Crippen molar-refractivity contribution in [2.24, 2.45) is 0 Å². The van der Waals surface area contributed by atoms with Crippen molar-refractivity contribution in [3.63, 3.8) is 0 Å². The van der Waals surface area contributed by atoms with Crippen molar-refractivity contribution >= 4 is 8.24 Å². The highest BCUT2D eigenvalue weighted by atomic mass is 28.3. The fourth-order valence-corrected chi connectivity index (χ4v) is 5.08. The van der Waals surface area contributed by atoms with E-state index in [2.05, 4.69) is 45.8 Å². The molecule has 0 aromatic heterocycles. The van der Waals surface area contributed by atoms with E-state index in [9.17, 15) is 0 Å². The zero-order chi connectivity index (χ0) is 9.83.